The Balaban J connectivity index is 2.04. The summed E-state index contributed by atoms with van der Waals surface area (Å²) in [6.45, 7) is 10.3. The van der Waals surface area contributed by atoms with Gasteiger partial charge in [-0.05, 0) is 18.4 Å². The van der Waals surface area contributed by atoms with E-state index in [-0.39, 0.29) is 0 Å². The monoisotopic (exact) mass is 186 g/mol. The highest BCUT2D eigenvalue weighted by Crippen LogP contribution is 2.28. The Morgan fingerprint density at radius 1 is 1.38 bits per heavy atom. The van der Waals surface area contributed by atoms with Crippen molar-refractivity contribution in [3.05, 3.63) is 0 Å². The van der Waals surface area contributed by atoms with E-state index in [1.165, 1.54) is 19.5 Å². The molecule has 0 radical (unpaired) electrons. The SMILES string of the molecule is CC1(C)CCN(CCOCCN)C1. The molecule has 1 aliphatic rings. The largest absolute Gasteiger partial charge is 0.379 e. The smallest absolute Gasteiger partial charge is 0.0594 e. The normalized spacial score (nSPS) is 22.4. The molecule has 1 fully saturated rings. The summed E-state index contributed by atoms with van der Waals surface area (Å²) >= 11 is 0. The van der Waals surface area contributed by atoms with E-state index in [2.05, 4.69) is 18.7 Å². The van der Waals surface area contributed by atoms with Crippen molar-refractivity contribution in [3.63, 3.8) is 0 Å². The lowest BCUT2D eigenvalue weighted by Gasteiger charge is -2.19. The van der Waals surface area contributed by atoms with Crippen molar-refractivity contribution >= 4 is 0 Å². The Morgan fingerprint density at radius 2 is 2.15 bits per heavy atom. The molecule has 3 nitrogen and oxygen atoms in total. The van der Waals surface area contributed by atoms with Crippen molar-refractivity contribution in [1.29, 1.82) is 0 Å². The van der Waals surface area contributed by atoms with Gasteiger partial charge in [0.2, 0.25) is 0 Å². The number of nitrogens with zero attached hydrogens (tertiary/aromatic N) is 1. The summed E-state index contributed by atoms with van der Waals surface area (Å²) < 4.78 is 5.35. The molecule has 13 heavy (non-hydrogen) atoms. The number of hydrogen-bond donors (Lipinski definition) is 1. The van der Waals surface area contributed by atoms with Crippen molar-refractivity contribution in [2.75, 3.05) is 39.4 Å². The molecular formula is C10H22N2O. The number of hydrogen-bond acceptors (Lipinski definition) is 3. The molecule has 0 bridgehead atoms. The fourth-order valence-corrected chi connectivity index (χ4v) is 1.79. The number of ether oxygens (including phenoxy) is 1. The third kappa shape index (κ3) is 4.07. The van der Waals surface area contributed by atoms with Gasteiger partial charge in [-0.3, -0.25) is 0 Å². The van der Waals surface area contributed by atoms with E-state index in [1.54, 1.807) is 0 Å². The molecule has 1 aliphatic heterocycles. The highest BCUT2D eigenvalue weighted by molar-refractivity contribution is 4.82. The lowest BCUT2D eigenvalue weighted by atomic mass is 9.93. The minimum absolute atomic E-state index is 0.508. The standard InChI is InChI=1S/C10H22N2O/c1-10(2)3-5-12(9-10)6-8-13-7-4-11/h3-9,11H2,1-2H3. The van der Waals surface area contributed by atoms with Crippen LogP contribution in [0.15, 0.2) is 0 Å². The van der Waals surface area contributed by atoms with Gasteiger partial charge in [-0.25, -0.2) is 0 Å². The van der Waals surface area contributed by atoms with E-state index in [4.69, 9.17) is 10.5 Å². The summed E-state index contributed by atoms with van der Waals surface area (Å²) in [7, 11) is 0. The molecule has 0 aromatic carbocycles. The Bertz CT molecular complexity index is 148. The summed E-state index contributed by atoms with van der Waals surface area (Å²) in [6.07, 6.45) is 1.31. The zero-order valence-corrected chi connectivity index (χ0v) is 8.88. The molecule has 0 aliphatic carbocycles. The molecule has 0 amide bonds. The predicted octanol–water partition coefficient (Wildman–Crippen LogP) is 0.694. The summed E-state index contributed by atoms with van der Waals surface area (Å²) in [6, 6.07) is 0. The van der Waals surface area contributed by atoms with Gasteiger partial charge in [-0.15, -0.1) is 0 Å². The van der Waals surface area contributed by atoms with Crippen molar-refractivity contribution in [3.8, 4) is 0 Å². The second kappa shape index (κ2) is 4.94. The molecule has 0 unspecified atom stereocenters. The Labute approximate surface area is 81.2 Å². The molecule has 1 saturated heterocycles. The summed E-state index contributed by atoms with van der Waals surface area (Å²) in [4.78, 5) is 2.47. The van der Waals surface area contributed by atoms with Crippen molar-refractivity contribution < 1.29 is 4.74 Å². The van der Waals surface area contributed by atoms with Gasteiger partial charge in [-0.2, -0.15) is 0 Å². The topological polar surface area (TPSA) is 38.5 Å². The molecule has 3 heteroatoms. The number of rotatable bonds is 5. The van der Waals surface area contributed by atoms with E-state index in [0.29, 0.717) is 18.6 Å². The van der Waals surface area contributed by atoms with Crippen LogP contribution in [0, 0.1) is 5.41 Å². The van der Waals surface area contributed by atoms with Crippen LogP contribution in [0.1, 0.15) is 20.3 Å². The highest BCUT2D eigenvalue weighted by Gasteiger charge is 2.28. The Kier molecular flexibility index (Phi) is 4.16. The van der Waals surface area contributed by atoms with Crippen LogP contribution in [0.25, 0.3) is 0 Å². The fraction of sp³-hybridized carbons (Fsp3) is 1.00. The molecule has 0 atom stereocenters. The van der Waals surface area contributed by atoms with Gasteiger partial charge < -0.3 is 15.4 Å². The maximum Gasteiger partial charge on any atom is 0.0594 e. The lowest BCUT2D eigenvalue weighted by Crippen LogP contribution is -2.27. The minimum atomic E-state index is 0.508. The summed E-state index contributed by atoms with van der Waals surface area (Å²) in [5.74, 6) is 0. The lowest BCUT2D eigenvalue weighted by molar-refractivity contribution is 0.114. The van der Waals surface area contributed by atoms with Crippen LogP contribution in [0.3, 0.4) is 0 Å². The third-order valence-electron chi connectivity index (χ3n) is 2.57. The van der Waals surface area contributed by atoms with Gasteiger partial charge >= 0.3 is 0 Å². The third-order valence-corrected chi connectivity index (χ3v) is 2.57. The molecule has 78 valence electrons. The summed E-state index contributed by atoms with van der Waals surface area (Å²) in [5.41, 5.74) is 5.84. The number of likely N-dealkylation sites (tertiary alicyclic amines) is 1. The van der Waals surface area contributed by atoms with Gasteiger partial charge in [0.15, 0.2) is 0 Å². The van der Waals surface area contributed by atoms with Gasteiger partial charge in [0, 0.05) is 19.6 Å². The zero-order chi connectivity index (χ0) is 9.73. The van der Waals surface area contributed by atoms with Crippen LogP contribution in [-0.2, 0) is 4.74 Å². The van der Waals surface area contributed by atoms with Gasteiger partial charge in [-0.1, -0.05) is 13.8 Å². The zero-order valence-electron chi connectivity index (χ0n) is 8.88. The quantitative estimate of drug-likeness (QED) is 0.642. The fourth-order valence-electron chi connectivity index (χ4n) is 1.79. The molecule has 0 saturated carbocycles. The molecular weight excluding hydrogens is 164 g/mol. The van der Waals surface area contributed by atoms with Crippen LogP contribution in [0.2, 0.25) is 0 Å². The van der Waals surface area contributed by atoms with E-state index < -0.39 is 0 Å². The minimum Gasteiger partial charge on any atom is -0.379 e. The average molecular weight is 186 g/mol. The maximum absolute atomic E-state index is 5.35. The average Bonchev–Trinajstić information content (AvgIpc) is 2.40. The number of nitrogens with two attached hydrogens (primary N) is 1. The van der Waals surface area contributed by atoms with E-state index >= 15 is 0 Å². The van der Waals surface area contributed by atoms with Crippen LogP contribution >= 0.6 is 0 Å². The second-order valence-electron chi connectivity index (χ2n) is 4.59. The molecule has 1 rings (SSSR count). The van der Waals surface area contributed by atoms with Crippen molar-refractivity contribution in [2.45, 2.75) is 20.3 Å². The van der Waals surface area contributed by atoms with Crippen molar-refractivity contribution in [1.82, 2.24) is 4.90 Å². The first-order chi connectivity index (χ1) is 6.14. The second-order valence-corrected chi connectivity index (χ2v) is 4.59. The Morgan fingerprint density at radius 3 is 2.69 bits per heavy atom. The molecule has 1 heterocycles. The summed E-state index contributed by atoms with van der Waals surface area (Å²) in [5, 5.41) is 0. The van der Waals surface area contributed by atoms with Gasteiger partial charge in [0.1, 0.15) is 0 Å². The molecule has 2 N–H and O–H groups in total. The van der Waals surface area contributed by atoms with Crippen LogP contribution < -0.4 is 5.73 Å². The first kappa shape index (κ1) is 11.0. The van der Waals surface area contributed by atoms with Gasteiger partial charge in [0.25, 0.3) is 0 Å². The first-order valence-corrected chi connectivity index (χ1v) is 5.14. The van der Waals surface area contributed by atoms with Crippen LogP contribution in [0.5, 0.6) is 0 Å². The Hall–Kier alpha value is -0.120. The highest BCUT2D eigenvalue weighted by atomic mass is 16.5. The van der Waals surface area contributed by atoms with Gasteiger partial charge in [0.05, 0.1) is 13.2 Å². The van der Waals surface area contributed by atoms with E-state index in [1.807, 2.05) is 0 Å². The van der Waals surface area contributed by atoms with Crippen molar-refractivity contribution in [2.24, 2.45) is 11.1 Å². The maximum atomic E-state index is 5.35. The van der Waals surface area contributed by atoms with E-state index in [9.17, 15) is 0 Å². The molecule has 0 aromatic rings. The van der Waals surface area contributed by atoms with Crippen LogP contribution in [-0.4, -0.2) is 44.3 Å². The van der Waals surface area contributed by atoms with E-state index in [0.717, 1.165) is 13.2 Å². The predicted molar refractivity (Wildman–Crippen MR) is 54.7 cm³/mol. The molecule has 0 spiro atoms. The van der Waals surface area contributed by atoms with Crippen LogP contribution in [0.4, 0.5) is 0 Å². The molecule has 0 aromatic heterocycles. The first-order valence-electron chi connectivity index (χ1n) is 5.14.